The van der Waals surface area contributed by atoms with Gasteiger partial charge in [0, 0.05) is 23.6 Å². The molecule has 24 heteroatoms. The molecule has 0 aromatic heterocycles. The normalized spacial score (nSPS) is 11.3. The molecular formula is C36H17BF19NO3. The van der Waals surface area contributed by atoms with E-state index in [0.717, 1.165) is 6.07 Å². The molecule has 0 heterocycles. The summed E-state index contributed by atoms with van der Waals surface area (Å²) in [6.07, 6.45) is 0.606. The fourth-order valence-corrected chi connectivity index (χ4v) is 4.82. The maximum atomic E-state index is 15.3. The van der Waals surface area contributed by atoms with Crippen LogP contribution in [0, 0.1) is 117 Å². The molecule has 0 fully saturated rings. The molecule has 0 radical (unpaired) electrons. The monoisotopic (exact) mass is 883 g/mol. The van der Waals surface area contributed by atoms with E-state index in [1.54, 1.807) is 27.2 Å². The van der Waals surface area contributed by atoms with Gasteiger partial charge in [-0.05, 0) is 5.56 Å². The highest BCUT2D eigenvalue weighted by molar-refractivity contribution is 6.39. The molecule has 0 atom stereocenters. The van der Waals surface area contributed by atoms with Crippen molar-refractivity contribution in [3.05, 3.63) is 158 Å². The maximum absolute atomic E-state index is 15.3. The van der Waals surface area contributed by atoms with Gasteiger partial charge in [-0.3, -0.25) is 13.3 Å². The van der Waals surface area contributed by atoms with Crippen LogP contribution in [0.1, 0.15) is 16.7 Å². The predicted molar refractivity (Wildman–Crippen MR) is 170 cm³/mol. The van der Waals surface area contributed by atoms with E-state index >= 15 is 17.6 Å². The van der Waals surface area contributed by atoms with Crippen LogP contribution in [0.15, 0.2) is 24.8 Å². The van der Waals surface area contributed by atoms with Crippen molar-refractivity contribution in [2.24, 2.45) is 0 Å². The molecule has 0 aliphatic carbocycles. The first-order valence-electron chi connectivity index (χ1n) is 15.6. The molecule has 0 N–H and O–H groups in total. The molecule has 0 bridgehead atoms. The molecule has 0 spiro atoms. The standard InChI is InChI=1S/C30H17BF14NO3.C6F5/c1-5-10-6-7-11(13(8-10)46(2,3)4)9-12-14(32)22(40)28(23(41)15(12)33)47-31(48-29-24(42)18(36)16(34)19(37)25(29)43)49-30-26(44)20(38)17(35)21(39)27(30)45;7-2-1-3(8)5(10)6(11)4(2)9/h5-8H,1,9H2,2-4H3;/q+1;-1. The van der Waals surface area contributed by atoms with Crippen molar-refractivity contribution in [2.75, 3.05) is 21.1 Å². The van der Waals surface area contributed by atoms with Gasteiger partial charge in [0.2, 0.25) is 69.8 Å². The lowest BCUT2D eigenvalue weighted by Crippen LogP contribution is -2.39. The Morgan fingerprint density at radius 3 is 1.13 bits per heavy atom. The van der Waals surface area contributed by atoms with Gasteiger partial charge >= 0.3 is 7.32 Å². The summed E-state index contributed by atoms with van der Waals surface area (Å²) in [5.74, 6) is -54.5. The Morgan fingerprint density at radius 1 is 0.483 bits per heavy atom. The van der Waals surface area contributed by atoms with Gasteiger partial charge in [0.05, 0.1) is 50.2 Å². The van der Waals surface area contributed by atoms with Crippen LogP contribution in [0.25, 0.3) is 6.08 Å². The largest absolute Gasteiger partial charge is 0.864 e. The van der Waals surface area contributed by atoms with E-state index in [0.29, 0.717) is 11.3 Å². The van der Waals surface area contributed by atoms with E-state index in [9.17, 15) is 65.9 Å². The van der Waals surface area contributed by atoms with Gasteiger partial charge in [0.15, 0.2) is 28.9 Å². The second kappa shape index (κ2) is 17.7. The molecule has 5 aromatic carbocycles. The van der Waals surface area contributed by atoms with Crippen molar-refractivity contribution in [1.29, 1.82) is 0 Å². The van der Waals surface area contributed by atoms with Crippen LogP contribution in [0.2, 0.25) is 0 Å². The molecule has 5 aromatic rings. The lowest BCUT2D eigenvalue weighted by molar-refractivity contribution is 0.249. The number of halogens is 19. The lowest BCUT2D eigenvalue weighted by atomic mass is 9.98. The van der Waals surface area contributed by atoms with Crippen LogP contribution in [0.4, 0.5) is 89.1 Å². The number of nitrogens with zero attached hydrogens (tertiary/aromatic N) is 1. The van der Waals surface area contributed by atoms with E-state index in [4.69, 9.17) is 0 Å². The smallest absolute Gasteiger partial charge is 0.484 e. The zero-order valence-electron chi connectivity index (χ0n) is 29.7. The van der Waals surface area contributed by atoms with Crippen molar-refractivity contribution in [3.8, 4) is 17.2 Å². The van der Waals surface area contributed by atoms with E-state index in [-0.39, 0.29) is 10.0 Å². The zero-order valence-corrected chi connectivity index (χ0v) is 29.7. The molecule has 0 aliphatic heterocycles. The van der Waals surface area contributed by atoms with E-state index in [1.807, 2.05) is 0 Å². The Morgan fingerprint density at radius 2 is 0.800 bits per heavy atom. The molecule has 0 unspecified atom stereocenters. The minimum Gasteiger partial charge on any atom is -0.484 e. The summed E-state index contributed by atoms with van der Waals surface area (Å²) < 4.78 is 273. The maximum Gasteiger partial charge on any atom is 0.864 e. The summed E-state index contributed by atoms with van der Waals surface area (Å²) in [5, 5.41) is 0. The quantitative estimate of drug-likeness (QED) is 0.0349. The Kier molecular flexibility index (Phi) is 13.7. The SMILES string of the molecule is C=Cc1ccc(Cc2c(F)c(F)c(OB(Oc3c(F)c(F)c(F)c(F)c3F)Oc3c(F)c(F)c(F)c(F)c3F)c(F)c2F)c([N+](C)(C)C)c1.Fc1[c-]c(F)c(F)c(F)c1F. The summed E-state index contributed by atoms with van der Waals surface area (Å²) in [4.78, 5) is 0. The van der Waals surface area contributed by atoms with Crippen molar-refractivity contribution in [2.45, 2.75) is 6.42 Å². The molecule has 5 rings (SSSR count). The first-order valence-corrected chi connectivity index (χ1v) is 15.6. The number of hydrogen-bond acceptors (Lipinski definition) is 3. The molecule has 60 heavy (non-hydrogen) atoms. The molecule has 4 nitrogen and oxygen atoms in total. The minimum atomic E-state index is -3.69. The number of benzene rings is 5. The molecule has 0 aliphatic rings. The summed E-state index contributed by atoms with van der Waals surface area (Å²) in [7, 11) is 1.25. The van der Waals surface area contributed by atoms with E-state index in [1.165, 1.54) is 18.2 Å². The fourth-order valence-electron chi connectivity index (χ4n) is 4.82. The van der Waals surface area contributed by atoms with Crippen LogP contribution in [-0.2, 0) is 6.42 Å². The van der Waals surface area contributed by atoms with Crippen LogP contribution < -0.4 is 18.4 Å². The van der Waals surface area contributed by atoms with Crippen LogP contribution >= 0.6 is 0 Å². The third-order valence-electron chi connectivity index (χ3n) is 7.72. The predicted octanol–water partition coefficient (Wildman–Crippen LogP) is 10.8. The highest BCUT2D eigenvalue weighted by Gasteiger charge is 2.42. The summed E-state index contributed by atoms with van der Waals surface area (Å²) >= 11 is 0. The Balaban J connectivity index is 0.000000624. The minimum absolute atomic E-state index is 0.0259. The van der Waals surface area contributed by atoms with E-state index in [2.05, 4.69) is 20.5 Å². The lowest BCUT2D eigenvalue weighted by Gasteiger charge is -2.27. The summed E-state index contributed by atoms with van der Waals surface area (Å²) in [6.45, 7) is 3.60. The molecule has 0 amide bonds. The van der Waals surface area contributed by atoms with Gasteiger partial charge in [-0.15, -0.1) is 6.07 Å². The number of rotatable bonds is 10. The second-order valence-corrected chi connectivity index (χ2v) is 12.5. The van der Waals surface area contributed by atoms with Crippen LogP contribution in [0.3, 0.4) is 0 Å². The van der Waals surface area contributed by atoms with Crippen molar-refractivity contribution in [1.82, 2.24) is 4.48 Å². The van der Waals surface area contributed by atoms with Gasteiger partial charge in [-0.25, -0.2) is 48.3 Å². The summed E-state index contributed by atoms with van der Waals surface area (Å²) in [5.41, 5.74) is -0.195. The van der Waals surface area contributed by atoms with Gasteiger partial charge in [-0.2, -0.15) is 26.3 Å². The highest BCUT2D eigenvalue weighted by Crippen LogP contribution is 2.37. The number of hydrogen-bond donors (Lipinski definition) is 0. The Hall–Kier alpha value is -6.07. The first kappa shape index (κ1) is 46.6. The third kappa shape index (κ3) is 8.92. The zero-order chi connectivity index (χ0) is 45.5. The van der Waals surface area contributed by atoms with E-state index < -0.39 is 147 Å². The van der Waals surface area contributed by atoms with Gasteiger partial charge in [0.25, 0.3) is 0 Å². The molecular weight excluding hydrogens is 866 g/mol. The van der Waals surface area contributed by atoms with Crippen LogP contribution in [0.5, 0.6) is 17.2 Å². The Bertz CT molecular complexity index is 2350. The van der Waals surface area contributed by atoms with Crippen LogP contribution in [-0.4, -0.2) is 28.5 Å². The number of quaternary nitrogens is 1. The summed E-state index contributed by atoms with van der Waals surface area (Å²) in [6, 6.07) is 5.40. The molecule has 320 valence electrons. The Labute approximate surface area is 324 Å². The average Bonchev–Trinajstić information content (AvgIpc) is 3.21. The third-order valence-corrected chi connectivity index (χ3v) is 7.72. The molecule has 0 saturated heterocycles. The average molecular weight is 883 g/mol. The first-order chi connectivity index (χ1) is 27.8. The highest BCUT2D eigenvalue weighted by atomic mass is 19.2. The topological polar surface area (TPSA) is 27.7 Å². The van der Waals surface area contributed by atoms with Gasteiger partial charge in [-0.1, -0.05) is 24.8 Å². The second-order valence-electron chi connectivity index (χ2n) is 12.5. The van der Waals surface area contributed by atoms with Gasteiger partial charge in [0.1, 0.15) is 5.69 Å². The van der Waals surface area contributed by atoms with Crippen molar-refractivity contribution in [3.63, 3.8) is 0 Å². The van der Waals surface area contributed by atoms with Crippen molar-refractivity contribution < 1.29 is 97.4 Å². The fraction of sp³-hybridized carbons (Fsp3) is 0.111. The molecule has 0 saturated carbocycles. The van der Waals surface area contributed by atoms with Gasteiger partial charge < -0.3 is 14.0 Å². The van der Waals surface area contributed by atoms with Crippen molar-refractivity contribution >= 4 is 19.1 Å².